The molecule has 3 rings (SSSR count). The maximum atomic E-state index is 9.00. The van der Waals surface area contributed by atoms with Crippen LogP contribution in [0.1, 0.15) is 35.3 Å². The predicted octanol–water partition coefficient (Wildman–Crippen LogP) is 3.39. The first kappa shape index (κ1) is 12.7. The van der Waals surface area contributed by atoms with Crippen molar-refractivity contribution in [1.29, 1.82) is 5.26 Å². The number of aromatic nitrogens is 1. The van der Waals surface area contributed by atoms with Gasteiger partial charge in [0.15, 0.2) is 0 Å². The van der Waals surface area contributed by atoms with Crippen LogP contribution in [0, 0.1) is 18.3 Å². The van der Waals surface area contributed by atoms with Gasteiger partial charge in [0, 0.05) is 6.54 Å². The van der Waals surface area contributed by atoms with Crippen LogP contribution in [0.3, 0.4) is 0 Å². The minimum atomic E-state index is 0.319. The van der Waals surface area contributed by atoms with Crippen LogP contribution in [0.2, 0.25) is 0 Å². The van der Waals surface area contributed by atoms with Gasteiger partial charge in [-0.05, 0) is 43.5 Å². The summed E-state index contributed by atoms with van der Waals surface area (Å²) < 4.78 is 0. The second-order valence-corrected chi connectivity index (χ2v) is 5.23. The highest BCUT2D eigenvalue weighted by molar-refractivity contribution is 5.50. The first-order chi connectivity index (χ1) is 9.70. The molecule has 0 bridgehead atoms. The van der Waals surface area contributed by atoms with Crippen molar-refractivity contribution in [2.24, 2.45) is 0 Å². The Labute approximate surface area is 119 Å². The fraction of sp³-hybridized carbons (Fsp3) is 0.294. The number of anilines is 1. The van der Waals surface area contributed by atoms with Crippen molar-refractivity contribution in [2.45, 2.75) is 26.3 Å². The van der Waals surface area contributed by atoms with Crippen LogP contribution in [0.25, 0.3) is 0 Å². The average molecular weight is 263 g/mol. The van der Waals surface area contributed by atoms with Gasteiger partial charge in [-0.15, -0.1) is 0 Å². The summed E-state index contributed by atoms with van der Waals surface area (Å²) in [5.41, 5.74) is 4.26. The zero-order valence-electron chi connectivity index (χ0n) is 11.8. The molecule has 0 saturated heterocycles. The van der Waals surface area contributed by atoms with E-state index in [-0.39, 0.29) is 0 Å². The summed E-state index contributed by atoms with van der Waals surface area (Å²) in [6.07, 6.45) is 1.04. The lowest BCUT2D eigenvalue weighted by Gasteiger charge is -2.36. The van der Waals surface area contributed by atoms with E-state index in [0.29, 0.717) is 11.6 Å². The molecule has 1 aromatic heterocycles. The first-order valence-electron chi connectivity index (χ1n) is 6.93. The summed E-state index contributed by atoms with van der Waals surface area (Å²) in [6.45, 7) is 5.08. The van der Waals surface area contributed by atoms with Crippen LogP contribution >= 0.6 is 0 Å². The smallest absolute Gasteiger partial charge is 0.129 e. The third kappa shape index (κ3) is 2.04. The molecule has 0 fully saturated rings. The van der Waals surface area contributed by atoms with Gasteiger partial charge in [-0.3, -0.25) is 0 Å². The average Bonchev–Trinajstić information content (AvgIpc) is 2.48. The van der Waals surface area contributed by atoms with Gasteiger partial charge in [0.1, 0.15) is 11.9 Å². The number of pyridine rings is 1. The highest BCUT2D eigenvalue weighted by Crippen LogP contribution is 2.32. The van der Waals surface area contributed by atoms with Crippen LogP contribution in [0.5, 0.6) is 0 Å². The molecular formula is C17H17N3. The van der Waals surface area contributed by atoms with Crippen LogP contribution in [-0.4, -0.2) is 11.5 Å². The van der Waals surface area contributed by atoms with E-state index < -0.39 is 0 Å². The molecule has 1 atom stereocenters. The Balaban J connectivity index is 1.97. The maximum absolute atomic E-state index is 9.00. The molecule has 1 aromatic carbocycles. The van der Waals surface area contributed by atoms with Gasteiger partial charge < -0.3 is 4.90 Å². The summed E-state index contributed by atoms with van der Waals surface area (Å²) in [5, 5.41) is 9.00. The van der Waals surface area contributed by atoms with Crippen LogP contribution in [-0.2, 0) is 6.42 Å². The van der Waals surface area contributed by atoms with Crippen molar-refractivity contribution in [1.82, 2.24) is 4.98 Å². The molecular weight excluding hydrogens is 246 g/mol. The number of aryl methyl sites for hydroxylation is 1. The molecule has 100 valence electrons. The first-order valence-corrected chi connectivity index (χ1v) is 6.93. The standard InChI is InChI=1S/C17H17N3/c1-12-15(11-18)7-8-17(19-12)20-10-9-14-5-3-4-6-16(14)13(20)2/h3-8,13H,9-10H2,1-2H3. The van der Waals surface area contributed by atoms with Gasteiger partial charge in [-0.1, -0.05) is 24.3 Å². The number of nitrogens with zero attached hydrogens (tertiary/aromatic N) is 3. The number of fused-ring (bicyclic) bond motifs is 1. The molecule has 0 amide bonds. The second kappa shape index (κ2) is 4.97. The number of hydrogen-bond acceptors (Lipinski definition) is 3. The van der Waals surface area contributed by atoms with Crippen LogP contribution in [0.4, 0.5) is 5.82 Å². The van der Waals surface area contributed by atoms with Gasteiger partial charge in [0.2, 0.25) is 0 Å². The van der Waals surface area contributed by atoms with Crippen molar-refractivity contribution in [2.75, 3.05) is 11.4 Å². The molecule has 0 aliphatic carbocycles. The Morgan fingerprint density at radius 3 is 2.80 bits per heavy atom. The molecule has 1 aliphatic rings. The summed E-state index contributed by atoms with van der Waals surface area (Å²) in [5.74, 6) is 0.962. The van der Waals surface area contributed by atoms with Gasteiger partial charge >= 0.3 is 0 Å². The molecule has 2 aromatic rings. The van der Waals surface area contributed by atoms with Crippen LogP contribution < -0.4 is 4.90 Å². The molecule has 20 heavy (non-hydrogen) atoms. The fourth-order valence-electron chi connectivity index (χ4n) is 2.91. The molecule has 0 spiro atoms. The highest BCUT2D eigenvalue weighted by Gasteiger charge is 2.24. The number of nitriles is 1. The monoisotopic (exact) mass is 263 g/mol. The Morgan fingerprint density at radius 2 is 2.05 bits per heavy atom. The summed E-state index contributed by atoms with van der Waals surface area (Å²) in [4.78, 5) is 6.91. The maximum Gasteiger partial charge on any atom is 0.129 e. The molecule has 0 N–H and O–H groups in total. The van der Waals surface area contributed by atoms with Gasteiger partial charge in [0.25, 0.3) is 0 Å². The Kier molecular flexibility index (Phi) is 3.15. The molecule has 0 saturated carbocycles. The van der Waals surface area contributed by atoms with Gasteiger partial charge in [0.05, 0.1) is 17.3 Å². The summed E-state index contributed by atoms with van der Waals surface area (Å²) in [7, 11) is 0. The SMILES string of the molecule is Cc1nc(N2CCc3ccccc3C2C)ccc1C#N. The lowest BCUT2D eigenvalue weighted by Crippen LogP contribution is -2.34. The highest BCUT2D eigenvalue weighted by atomic mass is 15.2. The molecule has 3 heteroatoms. The fourth-order valence-corrected chi connectivity index (χ4v) is 2.91. The van der Waals surface area contributed by atoms with E-state index in [2.05, 4.69) is 47.1 Å². The Hall–Kier alpha value is -2.34. The predicted molar refractivity (Wildman–Crippen MR) is 79.6 cm³/mol. The van der Waals surface area contributed by atoms with E-state index in [9.17, 15) is 0 Å². The van der Waals surface area contributed by atoms with Gasteiger partial charge in [-0.25, -0.2) is 4.98 Å². The lowest BCUT2D eigenvalue weighted by molar-refractivity contribution is 0.616. The van der Waals surface area contributed by atoms with Crippen molar-refractivity contribution in [3.05, 3.63) is 58.8 Å². The van der Waals surface area contributed by atoms with Crippen molar-refractivity contribution < 1.29 is 0 Å². The van der Waals surface area contributed by atoms with E-state index in [1.54, 1.807) is 0 Å². The molecule has 0 radical (unpaired) electrons. The summed E-state index contributed by atoms with van der Waals surface area (Å²) in [6, 6.07) is 14.9. The largest absolute Gasteiger partial charge is 0.350 e. The zero-order chi connectivity index (χ0) is 14.1. The minimum absolute atomic E-state index is 0.319. The lowest BCUT2D eigenvalue weighted by atomic mass is 9.93. The van der Waals surface area contributed by atoms with E-state index in [1.165, 1.54) is 11.1 Å². The number of rotatable bonds is 1. The minimum Gasteiger partial charge on any atom is -0.350 e. The molecule has 1 aliphatic heterocycles. The Morgan fingerprint density at radius 1 is 1.25 bits per heavy atom. The molecule has 2 heterocycles. The Bertz CT molecular complexity index is 685. The number of benzene rings is 1. The van der Waals surface area contributed by atoms with Crippen molar-refractivity contribution in [3.8, 4) is 6.07 Å². The summed E-state index contributed by atoms with van der Waals surface area (Å²) >= 11 is 0. The van der Waals surface area contributed by atoms with E-state index in [1.807, 2.05) is 19.1 Å². The van der Waals surface area contributed by atoms with E-state index in [4.69, 9.17) is 5.26 Å². The van der Waals surface area contributed by atoms with Crippen LogP contribution in [0.15, 0.2) is 36.4 Å². The number of hydrogen-bond donors (Lipinski definition) is 0. The van der Waals surface area contributed by atoms with Crippen molar-refractivity contribution >= 4 is 5.82 Å². The zero-order valence-corrected chi connectivity index (χ0v) is 11.8. The normalized spacial score (nSPS) is 17.4. The third-order valence-electron chi connectivity index (χ3n) is 4.08. The molecule has 3 nitrogen and oxygen atoms in total. The molecule has 1 unspecified atom stereocenters. The quantitative estimate of drug-likeness (QED) is 0.791. The van der Waals surface area contributed by atoms with E-state index in [0.717, 1.165) is 24.5 Å². The van der Waals surface area contributed by atoms with Gasteiger partial charge in [-0.2, -0.15) is 5.26 Å². The third-order valence-corrected chi connectivity index (χ3v) is 4.08. The van der Waals surface area contributed by atoms with E-state index >= 15 is 0 Å². The van der Waals surface area contributed by atoms with Crippen molar-refractivity contribution in [3.63, 3.8) is 0 Å². The topological polar surface area (TPSA) is 39.9 Å². The second-order valence-electron chi connectivity index (χ2n) is 5.23.